The second-order valence-corrected chi connectivity index (χ2v) is 4.07. The van der Waals surface area contributed by atoms with Crippen LogP contribution in [-0.2, 0) is 4.79 Å². The summed E-state index contributed by atoms with van der Waals surface area (Å²) in [5, 5.41) is 0. The molecule has 0 heterocycles. The second-order valence-electron chi connectivity index (χ2n) is 4.07. The Labute approximate surface area is 116 Å². The third kappa shape index (κ3) is 2.95. The maximum absolute atomic E-state index is 11.7. The first kappa shape index (κ1) is 13.6. The third-order valence-corrected chi connectivity index (χ3v) is 2.59. The molecule has 20 heavy (non-hydrogen) atoms. The zero-order chi connectivity index (χ0) is 14.5. The van der Waals surface area contributed by atoms with Crippen molar-refractivity contribution >= 4 is 23.4 Å². The topological polar surface area (TPSA) is 72.6 Å². The molecule has 0 unspecified atom stereocenters. The number of benzene rings is 2. The summed E-state index contributed by atoms with van der Waals surface area (Å²) in [5.74, 6) is -0.183. The fraction of sp³-hybridized carbons (Fsp3) is 0.0667. The van der Waals surface area contributed by atoms with Gasteiger partial charge in [-0.05, 0) is 24.3 Å². The number of carbonyl (C=O) groups excluding carboxylic acids is 2. The van der Waals surface area contributed by atoms with Gasteiger partial charge < -0.3 is 10.5 Å². The monoisotopic (exact) mass is 270 g/mol. The molecule has 2 amide bonds. The van der Waals surface area contributed by atoms with E-state index in [1.165, 1.54) is 11.8 Å². The van der Waals surface area contributed by atoms with E-state index in [-0.39, 0.29) is 5.75 Å². The number of carbonyl (C=O) groups is 2. The molecule has 0 aromatic heterocycles. The number of hydrogen-bond acceptors (Lipinski definition) is 3. The van der Waals surface area contributed by atoms with E-state index in [1.807, 2.05) is 6.07 Å². The number of urea groups is 1. The van der Waals surface area contributed by atoms with E-state index in [2.05, 4.69) is 0 Å². The molecule has 102 valence electrons. The summed E-state index contributed by atoms with van der Waals surface area (Å²) in [6.45, 7) is 1.30. The van der Waals surface area contributed by atoms with Crippen molar-refractivity contribution in [1.82, 2.24) is 0 Å². The minimum absolute atomic E-state index is 0.280. The average molecular weight is 270 g/mol. The van der Waals surface area contributed by atoms with Crippen LogP contribution in [0.25, 0.3) is 0 Å². The summed E-state index contributed by atoms with van der Waals surface area (Å²) < 4.78 is 5.11. The summed E-state index contributed by atoms with van der Waals surface area (Å²) in [6, 6.07) is 15.0. The number of hydrogen-bond donors (Lipinski definition) is 1. The molecule has 0 saturated heterocycles. The van der Waals surface area contributed by atoms with Gasteiger partial charge in [0, 0.05) is 6.92 Å². The summed E-state index contributed by atoms with van der Waals surface area (Å²) in [5.41, 5.74) is 6.46. The number of rotatable bonds is 3. The third-order valence-electron chi connectivity index (χ3n) is 2.59. The Bertz CT molecular complexity index is 626. The first-order valence-corrected chi connectivity index (χ1v) is 6.01. The minimum atomic E-state index is -0.657. The van der Waals surface area contributed by atoms with Crippen LogP contribution in [0.15, 0.2) is 54.6 Å². The molecule has 2 N–H and O–H groups in total. The lowest BCUT2D eigenvalue weighted by atomic mass is 10.2. The van der Waals surface area contributed by atoms with Crippen LogP contribution >= 0.6 is 0 Å². The molecule has 0 aliphatic rings. The molecule has 0 bridgehead atoms. The number of primary amides is 1. The van der Waals surface area contributed by atoms with Crippen LogP contribution < -0.4 is 15.4 Å². The van der Waals surface area contributed by atoms with Gasteiger partial charge in [0.1, 0.15) is 0 Å². The maximum atomic E-state index is 11.7. The molecule has 0 fully saturated rings. The minimum Gasteiger partial charge on any atom is -0.424 e. The van der Waals surface area contributed by atoms with Gasteiger partial charge in [-0.25, -0.2) is 4.79 Å². The molecule has 0 aliphatic carbocycles. The van der Waals surface area contributed by atoms with Crippen molar-refractivity contribution in [3.05, 3.63) is 54.6 Å². The normalized spacial score (nSPS) is 9.85. The number of nitrogens with two attached hydrogens (primary N) is 1. The smallest absolute Gasteiger partial charge is 0.324 e. The molecule has 0 radical (unpaired) electrons. The largest absolute Gasteiger partial charge is 0.424 e. The SMILES string of the molecule is CC(=O)Oc1ccccc1N(C(N)=O)c1ccccc1. The predicted molar refractivity (Wildman–Crippen MR) is 75.9 cm³/mol. The van der Waals surface area contributed by atoms with E-state index in [9.17, 15) is 9.59 Å². The van der Waals surface area contributed by atoms with Crippen molar-refractivity contribution in [3.63, 3.8) is 0 Å². The Morgan fingerprint density at radius 3 is 2.20 bits per heavy atom. The number of para-hydroxylation sites is 3. The van der Waals surface area contributed by atoms with Crippen molar-refractivity contribution < 1.29 is 14.3 Å². The van der Waals surface area contributed by atoms with Gasteiger partial charge in [0.05, 0.1) is 11.4 Å². The Morgan fingerprint density at radius 2 is 1.60 bits per heavy atom. The van der Waals surface area contributed by atoms with Gasteiger partial charge in [0.2, 0.25) is 0 Å². The van der Waals surface area contributed by atoms with Crippen LogP contribution in [0.4, 0.5) is 16.2 Å². The number of esters is 1. The standard InChI is InChI=1S/C15H14N2O3/c1-11(18)20-14-10-6-5-9-13(14)17(15(16)19)12-7-3-2-4-8-12/h2-10H,1H3,(H2,16,19). The number of ether oxygens (including phenoxy) is 1. The Hall–Kier alpha value is -2.82. The Kier molecular flexibility index (Phi) is 4.00. The Morgan fingerprint density at radius 1 is 1.00 bits per heavy atom. The fourth-order valence-electron chi connectivity index (χ4n) is 1.85. The number of amides is 2. The van der Waals surface area contributed by atoms with E-state index < -0.39 is 12.0 Å². The molecule has 2 rings (SSSR count). The molecule has 0 saturated carbocycles. The predicted octanol–water partition coefficient (Wildman–Crippen LogP) is 2.83. The van der Waals surface area contributed by atoms with Crippen molar-refractivity contribution in [2.45, 2.75) is 6.92 Å². The van der Waals surface area contributed by atoms with Crippen LogP contribution in [-0.4, -0.2) is 12.0 Å². The summed E-state index contributed by atoms with van der Waals surface area (Å²) in [6.07, 6.45) is 0. The lowest BCUT2D eigenvalue weighted by Gasteiger charge is -2.22. The molecular formula is C15H14N2O3. The molecule has 0 spiro atoms. The lowest BCUT2D eigenvalue weighted by Crippen LogP contribution is -2.31. The number of nitrogens with zero attached hydrogens (tertiary/aromatic N) is 1. The molecule has 0 atom stereocenters. The molecule has 5 nitrogen and oxygen atoms in total. The van der Waals surface area contributed by atoms with E-state index in [0.717, 1.165) is 0 Å². The van der Waals surface area contributed by atoms with Gasteiger partial charge in [-0.15, -0.1) is 0 Å². The van der Waals surface area contributed by atoms with E-state index in [4.69, 9.17) is 10.5 Å². The number of anilines is 2. The van der Waals surface area contributed by atoms with Crippen LogP contribution in [0.3, 0.4) is 0 Å². The Balaban J connectivity index is 2.51. The highest BCUT2D eigenvalue weighted by Gasteiger charge is 2.19. The summed E-state index contributed by atoms with van der Waals surface area (Å²) >= 11 is 0. The van der Waals surface area contributed by atoms with Gasteiger partial charge in [-0.1, -0.05) is 30.3 Å². The van der Waals surface area contributed by atoms with Gasteiger partial charge in [0.25, 0.3) is 0 Å². The highest BCUT2D eigenvalue weighted by Crippen LogP contribution is 2.33. The molecular weight excluding hydrogens is 256 g/mol. The summed E-state index contributed by atoms with van der Waals surface area (Å²) in [4.78, 5) is 24.2. The van der Waals surface area contributed by atoms with Crippen molar-refractivity contribution in [1.29, 1.82) is 0 Å². The van der Waals surface area contributed by atoms with E-state index in [1.54, 1.807) is 48.5 Å². The lowest BCUT2D eigenvalue weighted by molar-refractivity contribution is -0.131. The van der Waals surface area contributed by atoms with Crippen molar-refractivity contribution in [3.8, 4) is 5.75 Å². The zero-order valence-electron chi connectivity index (χ0n) is 10.9. The average Bonchev–Trinajstić information content (AvgIpc) is 2.41. The molecule has 2 aromatic carbocycles. The highest BCUT2D eigenvalue weighted by atomic mass is 16.5. The van der Waals surface area contributed by atoms with E-state index in [0.29, 0.717) is 11.4 Å². The van der Waals surface area contributed by atoms with Gasteiger partial charge in [-0.3, -0.25) is 9.69 Å². The molecule has 0 aliphatic heterocycles. The first-order valence-electron chi connectivity index (χ1n) is 6.01. The van der Waals surface area contributed by atoms with Crippen LogP contribution in [0.2, 0.25) is 0 Å². The second kappa shape index (κ2) is 5.88. The maximum Gasteiger partial charge on any atom is 0.324 e. The first-order chi connectivity index (χ1) is 9.59. The van der Waals surface area contributed by atoms with Crippen LogP contribution in [0.5, 0.6) is 5.75 Å². The fourth-order valence-corrected chi connectivity index (χ4v) is 1.85. The highest BCUT2D eigenvalue weighted by molar-refractivity contribution is 6.00. The molecule has 5 heteroatoms. The quantitative estimate of drug-likeness (QED) is 0.688. The van der Waals surface area contributed by atoms with Gasteiger partial charge >= 0.3 is 12.0 Å². The van der Waals surface area contributed by atoms with Gasteiger partial charge in [-0.2, -0.15) is 0 Å². The summed E-state index contributed by atoms with van der Waals surface area (Å²) in [7, 11) is 0. The van der Waals surface area contributed by atoms with E-state index >= 15 is 0 Å². The van der Waals surface area contributed by atoms with Gasteiger partial charge in [0.15, 0.2) is 5.75 Å². The van der Waals surface area contributed by atoms with Crippen molar-refractivity contribution in [2.75, 3.05) is 4.90 Å². The molecule has 2 aromatic rings. The van der Waals surface area contributed by atoms with Crippen molar-refractivity contribution in [2.24, 2.45) is 5.73 Å². The van der Waals surface area contributed by atoms with Crippen LogP contribution in [0.1, 0.15) is 6.92 Å². The van der Waals surface area contributed by atoms with Crippen LogP contribution in [0, 0.1) is 0 Å². The zero-order valence-corrected chi connectivity index (χ0v) is 10.9.